The molecule has 0 amide bonds. The maximum Gasteiger partial charge on any atom is 0.402 e. The van der Waals surface area contributed by atoms with Gasteiger partial charge in [0.05, 0.1) is 45.2 Å². The number of phenols is 4. The Kier molecular flexibility index (Phi) is 21.2. The van der Waals surface area contributed by atoms with Crippen molar-refractivity contribution < 1.29 is 153 Å². The summed E-state index contributed by atoms with van der Waals surface area (Å²) >= 11 is 0. The van der Waals surface area contributed by atoms with Crippen molar-refractivity contribution in [2.75, 3.05) is 34.0 Å². The first kappa shape index (κ1) is 66.6. The average molecular weight is 1270 g/mol. The molecule has 31 heteroatoms. The van der Waals surface area contributed by atoms with Gasteiger partial charge in [-0.25, -0.2) is 14.0 Å². The van der Waals surface area contributed by atoms with Crippen LogP contribution in [0.4, 0.5) is 0 Å². The van der Waals surface area contributed by atoms with Gasteiger partial charge in [-0.1, -0.05) is 18.2 Å². The van der Waals surface area contributed by atoms with E-state index in [2.05, 4.69) is 0 Å². The summed E-state index contributed by atoms with van der Waals surface area (Å²) in [5.74, 6) is -4.56. The van der Waals surface area contributed by atoms with E-state index in [9.17, 15) is 91.3 Å². The van der Waals surface area contributed by atoms with Crippen LogP contribution in [0, 0.1) is 0 Å². The van der Waals surface area contributed by atoms with Crippen LogP contribution in [0.25, 0.3) is 34.4 Å². The van der Waals surface area contributed by atoms with Gasteiger partial charge >= 0.3 is 23.3 Å². The number of ether oxygens (including phenoxy) is 12. The third kappa shape index (κ3) is 14.7. The minimum absolute atomic E-state index is 0.0549. The smallest absolute Gasteiger partial charge is 0.402 e. The highest BCUT2D eigenvalue weighted by atomic mass is 16.7. The van der Waals surface area contributed by atoms with Gasteiger partial charge in [0.2, 0.25) is 30.4 Å². The van der Waals surface area contributed by atoms with Crippen molar-refractivity contribution in [2.24, 2.45) is 0 Å². The van der Waals surface area contributed by atoms with Gasteiger partial charge in [-0.2, -0.15) is 0 Å². The number of aromatic hydroxyl groups is 4. The summed E-state index contributed by atoms with van der Waals surface area (Å²) in [6.45, 7) is -0.705. The molecule has 0 radical (unpaired) electrons. The summed E-state index contributed by atoms with van der Waals surface area (Å²) in [4.78, 5) is 25.5. The highest BCUT2D eigenvalue weighted by Crippen LogP contribution is 2.46. The molecule has 90 heavy (non-hydrogen) atoms. The summed E-state index contributed by atoms with van der Waals surface area (Å²) in [6.07, 6.45) is -29.8. The molecule has 31 nitrogen and oxygen atoms in total. The van der Waals surface area contributed by atoms with E-state index in [4.69, 9.17) is 61.3 Å². The van der Waals surface area contributed by atoms with Crippen LogP contribution in [0.2, 0.25) is 0 Å². The number of esters is 2. The number of fused-ring (bicyclic) bond motifs is 1. The number of aliphatic hydroxyl groups excluding tert-OH is 12. The molecule has 5 heterocycles. The summed E-state index contributed by atoms with van der Waals surface area (Å²) in [7, 11) is 2.50. The zero-order valence-electron chi connectivity index (χ0n) is 47.7. The van der Waals surface area contributed by atoms with Gasteiger partial charge in [0.25, 0.3) is 0 Å². The Morgan fingerprint density at radius 2 is 1.06 bits per heavy atom. The molecule has 4 aromatic carbocycles. The van der Waals surface area contributed by atoms with E-state index >= 15 is 0 Å². The molecule has 4 saturated heterocycles. The maximum atomic E-state index is 13.1. The van der Waals surface area contributed by atoms with Gasteiger partial charge in [-0.05, 0) is 54.5 Å². The van der Waals surface area contributed by atoms with E-state index in [1.165, 1.54) is 94.0 Å². The van der Waals surface area contributed by atoms with Crippen LogP contribution in [0.3, 0.4) is 0 Å². The Morgan fingerprint density at radius 3 is 1.66 bits per heavy atom. The van der Waals surface area contributed by atoms with Crippen molar-refractivity contribution >= 4 is 35.1 Å². The molecule has 0 bridgehead atoms. The number of carbonyl (C=O) groups excluding carboxylic acids is 2. The SMILES string of the molecule is COc1cc(-c2[o+]c3cc(O)cc(O[C@@H]4OC(CO)[C@@H](O)[C@H](O)C4O)c3cc2O[C@@H]2O[C@H](CO[C@@H]3OC(C)[C@H](OC(=O)/C=C/c4ccc(O[C@@H]5OC(COC(=O)/C=C/c6ccc(O)c(O)c6)[C@@H](O)[C@H](O)C5O)cc4)C(O)[C@@H]3O)[C@@H](O)C(O)C2O)cc(OC)c1O. The van der Waals surface area contributed by atoms with Gasteiger partial charge in [0, 0.05) is 36.4 Å². The van der Waals surface area contributed by atoms with Crippen molar-refractivity contribution in [3.8, 4) is 63.1 Å². The first-order chi connectivity index (χ1) is 42.9. The van der Waals surface area contributed by atoms with E-state index < -0.39 is 172 Å². The molecule has 4 aliphatic heterocycles. The Balaban J connectivity index is 0.824. The summed E-state index contributed by atoms with van der Waals surface area (Å²) in [5, 5.41) is 170. The number of hydrogen-bond donors (Lipinski definition) is 16. The minimum atomic E-state index is -2.04. The largest absolute Gasteiger partial charge is 0.507 e. The Morgan fingerprint density at radius 1 is 0.522 bits per heavy atom. The van der Waals surface area contributed by atoms with Crippen molar-refractivity contribution in [3.63, 3.8) is 0 Å². The van der Waals surface area contributed by atoms with Crippen molar-refractivity contribution in [3.05, 3.63) is 96.1 Å². The van der Waals surface area contributed by atoms with Crippen LogP contribution < -0.4 is 23.7 Å². The van der Waals surface area contributed by atoms with E-state index in [0.717, 1.165) is 24.3 Å². The first-order valence-electron chi connectivity index (χ1n) is 27.7. The highest BCUT2D eigenvalue weighted by Gasteiger charge is 2.51. The molecule has 488 valence electrons. The van der Waals surface area contributed by atoms with Gasteiger partial charge in [0.15, 0.2) is 35.4 Å². The number of carbonyl (C=O) groups is 2. The van der Waals surface area contributed by atoms with Crippen LogP contribution in [0.5, 0.6) is 51.7 Å². The topological polar surface area (TPSA) is 480 Å². The minimum Gasteiger partial charge on any atom is -0.507 e. The lowest BCUT2D eigenvalue weighted by Gasteiger charge is -2.42. The molecule has 0 aliphatic carbocycles. The molecule has 5 aromatic rings. The zero-order valence-corrected chi connectivity index (χ0v) is 47.7. The van der Waals surface area contributed by atoms with Gasteiger partial charge in [-0.3, -0.25) is 0 Å². The molecule has 9 rings (SSSR count). The fourth-order valence-corrected chi connectivity index (χ4v) is 9.95. The summed E-state index contributed by atoms with van der Waals surface area (Å²) in [5.41, 5.74) is 0.676. The summed E-state index contributed by atoms with van der Waals surface area (Å²) in [6, 6.07) is 15.7. The van der Waals surface area contributed by atoms with Crippen LogP contribution in [-0.2, 0) is 42.7 Å². The Hall–Kier alpha value is -7.77. The van der Waals surface area contributed by atoms with E-state index in [1.54, 1.807) is 0 Å². The number of methoxy groups -OCH3 is 2. The normalized spacial score (nSPS) is 32.1. The van der Waals surface area contributed by atoms with Crippen molar-refractivity contribution in [2.45, 2.75) is 130 Å². The first-order valence-corrected chi connectivity index (χ1v) is 27.7. The zero-order chi connectivity index (χ0) is 65.0. The monoisotopic (exact) mass is 1270 g/mol. The Labute approximate surface area is 509 Å². The molecule has 4 aliphatic rings. The second-order valence-electron chi connectivity index (χ2n) is 21.1. The van der Waals surface area contributed by atoms with Crippen LogP contribution in [-0.4, -0.2) is 251 Å². The molecule has 0 spiro atoms. The molecule has 1 aromatic heterocycles. The highest BCUT2D eigenvalue weighted by molar-refractivity contribution is 5.90. The van der Waals surface area contributed by atoms with E-state index in [-0.39, 0.29) is 56.8 Å². The Bertz CT molecular complexity index is 3330. The second kappa shape index (κ2) is 28.6. The van der Waals surface area contributed by atoms with Crippen LogP contribution in [0.1, 0.15) is 18.1 Å². The molecule has 16 N–H and O–H groups in total. The predicted molar refractivity (Wildman–Crippen MR) is 299 cm³/mol. The quantitative estimate of drug-likeness (QED) is 0.0176. The molecule has 4 fully saturated rings. The van der Waals surface area contributed by atoms with Crippen molar-refractivity contribution in [1.82, 2.24) is 0 Å². The molecule has 8 unspecified atom stereocenters. The lowest BCUT2D eigenvalue weighted by atomic mass is 9.98. The van der Waals surface area contributed by atoms with E-state index in [0.29, 0.717) is 11.1 Å². The van der Waals surface area contributed by atoms with Crippen LogP contribution in [0.15, 0.2) is 89.4 Å². The van der Waals surface area contributed by atoms with Gasteiger partial charge in [0.1, 0.15) is 115 Å². The third-order valence-electron chi connectivity index (χ3n) is 15.0. The lowest BCUT2D eigenvalue weighted by Crippen LogP contribution is -2.62. The maximum absolute atomic E-state index is 13.1. The number of phenolic OH excluding ortho intramolecular Hbond substituents is 4. The molecular formula is C59H67O31+. The standard InChI is InChI=1S/C59H66O31/c1-23-54(90-41(65)13-7-24-4-9-28(10-5-24)83-57-50(74)47(71)44(68)38(88-57)21-80-40(64)12-8-25-6-11-30(62)31(63)14-25)49(73)53(77)56(82-23)81-22-39-45(69)48(72)52(76)59(89-39)86-36-19-29-32(84-55(36)26-15-34(78-2)42(66)35(16-26)79-3)17-27(61)18-33(29)85-58-51(75)46(70)43(67)37(20-60)87-58/h4-19,23,37-39,43-54,56-60,67-77H,20-22H2,1-3H3,(H3-,61,62,63,64,66)/p+1/b13-7+/t23?,37?,38?,39-,43-,44-,45-,46+,47+,48?,49?,50?,51?,52?,53+,54+,56-,57-,58-,59-/m1/s1. The van der Waals surface area contributed by atoms with Crippen molar-refractivity contribution in [1.29, 1.82) is 0 Å². The molecule has 20 atom stereocenters. The summed E-state index contributed by atoms with van der Waals surface area (Å²) < 4.78 is 74.0. The van der Waals surface area contributed by atoms with Crippen LogP contribution >= 0.6 is 0 Å². The third-order valence-corrected chi connectivity index (χ3v) is 15.0. The predicted octanol–water partition coefficient (Wildman–Crippen LogP) is -1.86. The lowest BCUT2D eigenvalue weighted by molar-refractivity contribution is -0.319. The number of rotatable bonds is 20. The fourth-order valence-electron chi connectivity index (χ4n) is 9.95. The van der Waals surface area contributed by atoms with E-state index in [1.807, 2.05) is 0 Å². The number of hydrogen-bond acceptors (Lipinski definition) is 30. The fraction of sp³-hybridized carbons (Fsp3) is 0.441. The van der Waals surface area contributed by atoms with Gasteiger partial charge in [-0.15, -0.1) is 0 Å². The number of aliphatic hydroxyl groups is 12. The van der Waals surface area contributed by atoms with Gasteiger partial charge < -0.3 is 139 Å². The molecular weight excluding hydrogens is 1200 g/mol. The number of benzene rings is 4. The average Bonchev–Trinajstić information content (AvgIpc) is 0.782. The second-order valence-corrected chi connectivity index (χ2v) is 21.1. The molecule has 0 saturated carbocycles.